The van der Waals surface area contributed by atoms with Gasteiger partial charge in [0.25, 0.3) is 0 Å². The number of carbonyl (C=O) groups excluding carboxylic acids is 3. The molecule has 3 amide bonds. The van der Waals surface area contributed by atoms with E-state index in [9.17, 15) is 31.9 Å². The van der Waals surface area contributed by atoms with Gasteiger partial charge >= 0.3 is 0 Å². The zero-order chi connectivity index (χ0) is 46.4. The summed E-state index contributed by atoms with van der Waals surface area (Å²) >= 11 is 0. The Balaban J connectivity index is 0.000000178. The molecule has 65 heavy (non-hydrogen) atoms. The minimum Gasteiger partial charge on any atom is -0.397 e. The molecule has 2 atom stereocenters. The molecule has 2 aliphatic heterocycles. The number of aromatic nitrogens is 4. The van der Waals surface area contributed by atoms with E-state index in [1.807, 2.05) is 39.0 Å². The third-order valence-electron chi connectivity index (χ3n) is 11.7. The summed E-state index contributed by atoms with van der Waals surface area (Å²) in [4.78, 5) is 46.0. The van der Waals surface area contributed by atoms with Crippen molar-refractivity contribution in [3.63, 3.8) is 0 Å². The largest absolute Gasteiger partial charge is 0.397 e. The van der Waals surface area contributed by atoms with Crippen LogP contribution in [0.25, 0.3) is 33.3 Å². The molecule has 3 N–H and O–H groups in total. The normalized spacial score (nSPS) is 16.2. The second-order valence-corrected chi connectivity index (χ2v) is 16.7. The monoisotopic (exact) mass is 890 g/mol. The molecule has 9 rings (SSSR count). The number of nitrogens with zero attached hydrogens (tertiary/aromatic N) is 6. The summed E-state index contributed by atoms with van der Waals surface area (Å²) in [7, 11) is 0. The first-order valence-corrected chi connectivity index (χ1v) is 21.1. The van der Waals surface area contributed by atoms with Gasteiger partial charge in [-0.25, -0.2) is 22.5 Å². The van der Waals surface area contributed by atoms with Crippen molar-refractivity contribution in [2.24, 2.45) is 5.92 Å². The highest BCUT2D eigenvalue weighted by atomic mass is 19.2. The zero-order valence-electron chi connectivity index (χ0n) is 36.5. The van der Waals surface area contributed by atoms with E-state index in [0.29, 0.717) is 53.8 Å². The maximum Gasteiger partial charge on any atom is 0.247 e. The topological polar surface area (TPSA) is 166 Å². The fourth-order valence-corrected chi connectivity index (χ4v) is 8.72. The van der Waals surface area contributed by atoms with Crippen LogP contribution in [0.2, 0.25) is 0 Å². The van der Waals surface area contributed by atoms with Gasteiger partial charge in [-0.05, 0) is 106 Å². The average molecular weight is 891 g/mol. The summed E-state index contributed by atoms with van der Waals surface area (Å²) in [6.07, 6.45) is 1.23. The smallest absolute Gasteiger partial charge is 0.247 e. The minimum atomic E-state index is -1.09. The van der Waals surface area contributed by atoms with Gasteiger partial charge in [-0.1, -0.05) is 36.3 Å². The Morgan fingerprint density at radius 1 is 0.738 bits per heavy atom. The van der Waals surface area contributed by atoms with E-state index in [-0.39, 0.29) is 36.4 Å². The lowest BCUT2D eigenvalue weighted by molar-refractivity contribution is -0.120. The van der Waals surface area contributed by atoms with Gasteiger partial charge in [-0.3, -0.25) is 19.3 Å². The molecule has 0 spiro atoms. The Kier molecular flexibility index (Phi) is 12.1. The lowest BCUT2D eigenvalue weighted by Crippen LogP contribution is -2.42. The van der Waals surface area contributed by atoms with Crippen LogP contribution in [0.3, 0.4) is 0 Å². The zero-order valence-corrected chi connectivity index (χ0v) is 36.5. The van der Waals surface area contributed by atoms with Gasteiger partial charge in [0.05, 0.1) is 39.8 Å². The molecule has 4 aromatic carbocycles. The highest BCUT2D eigenvalue weighted by Gasteiger charge is 2.39. The van der Waals surface area contributed by atoms with E-state index in [1.54, 1.807) is 30.0 Å². The molecule has 0 aliphatic carbocycles. The van der Waals surface area contributed by atoms with Crippen LogP contribution in [-0.2, 0) is 20.9 Å². The number of carbonyl (C=O) groups is 3. The second-order valence-electron chi connectivity index (χ2n) is 16.7. The standard InChI is InChI=1S/C26H26F2N4O2.C22H20F2N4O3/c1-14(2)13-31-22-8-5-17(25-15(3)30-34-16(25)4)11-21(22)29-26(31)23-9-10-24(33)32(23)18-6-7-19(27)20(28)12-18;1-11-21(12(2)31-27-11)13-3-6-17(25)18(9-13)26-22(30)19-7-8-20(29)28(19)14-4-5-15(23)16(24)10-14/h5-8,11-12,14,23H,9-10,13H2,1-4H3;3-6,9-10,19H,7-8,25H2,1-2H3,(H,26,30)/t23-;19-/m00/s1. The number of fused-ring (bicyclic) bond motifs is 1. The van der Waals surface area contributed by atoms with Gasteiger partial charge in [-0.2, -0.15) is 0 Å². The number of amides is 3. The number of nitrogens with two attached hydrogens (primary N) is 1. The molecule has 17 heteroatoms. The van der Waals surface area contributed by atoms with Crippen molar-refractivity contribution in [2.75, 3.05) is 20.9 Å². The molecule has 0 unspecified atom stereocenters. The van der Waals surface area contributed by atoms with Crippen LogP contribution >= 0.6 is 0 Å². The molecule has 2 fully saturated rings. The highest BCUT2D eigenvalue weighted by molar-refractivity contribution is 6.08. The minimum absolute atomic E-state index is 0.117. The number of nitrogens with one attached hydrogen (secondary N) is 1. The highest BCUT2D eigenvalue weighted by Crippen LogP contribution is 2.40. The average Bonchev–Trinajstić information content (AvgIpc) is 4.09. The number of nitrogen functional groups attached to an aromatic ring is 1. The number of hydrogen-bond donors (Lipinski definition) is 2. The van der Waals surface area contributed by atoms with Crippen LogP contribution in [0.15, 0.2) is 81.8 Å². The number of imidazole rings is 1. The molecular weight excluding hydrogens is 845 g/mol. The summed E-state index contributed by atoms with van der Waals surface area (Å²) in [6.45, 7) is 12.3. The number of hydrogen-bond acceptors (Lipinski definition) is 9. The van der Waals surface area contributed by atoms with Crippen LogP contribution in [0, 0.1) is 56.9 Å². The fourth-order valence-electron chi connectivity index (χ4n) is 8.72. The van der Waals surface area contributed by atoms with Gasteiger partial charge in [0, 0.05) is 54.0 Å². The Morgan fingerprint density at radius 2 is 1.29 bits per heavy atom. The lowest BCUT2D eigenvalue weighted by Gasteiger charge is -2.26. The number of anilines is 4. The van der Waals surface area contributed by atoms with Crippen molar-refractivity contribution in [1.82, 2.24) is 19.9 Å². The number of benzene rings is 4. The first-order chi connectivity index (χ1) is 31.0. The quantitative estimate of drug-likeness (QED) is 0.106. The van der Waals surface area contributed by atoms with Crippen molar-refractivity contribution < 1.29 is 41.0 Å². The summed E-state index contributed by atoms with van der Waals surface area (Å²) in [6, 6.07) is 16.7. The molecule has 2 aliphatic rings. The number of rotatable bonds is 9. The Hall–Kier alpha value is -7.30. The Labute approximate surface area is 371 Å². The molecule has 7 aromatic rings. The SMILES string of the molecule is Cc1noc(C)c1-c1ccc(N)c(NC(=O)[C@@H]2CCC(=O)N2c2ccc(F)c(F)c2)c1.Cc1noc(C)c1-c1ccc2c(c1)nc([C@@H]1CCC(=O)N1c1ccc(F)c(F)c1)n2CC(C)C. The fraction of sp³-hybridized carbons (Fsp3) is 0.292. The van der Waals surface area contributed by atoms with E-state index in [1.165, 1.54) is 17.0 Å². The summed E-state index contributed by atoms with van der Waals surface area (Å²) < 4.78 is 67.2. The van der Waals surface area contributed by atoms with E-state index in [0.717, 1.165) is 74.8 Å². The molecule has 336 valence electrons. The van der Waals surface area contributed by atoms with Gasteiger partial charge in [-0.15, -0.1) is 0 Å². The lowest BCUT2D eigenvalue weighted by atomic mass is 10.0. The van der Waals surface area contributed by atoms with Crippen molar-refractivity contribution in [3.8, 4) is 22.3 Å². The third kappa shape index (κ3) is 8.57. The predicted octanol–water partition coefficient (Wildman–Crippen LogP) is 10.1. The molecule has 0 saturated carbocycles. The van der Waals surface area contributed by atoms with Crippen LogP contribution in [0.5, 0.6) is 0 Å². The molecule has 0 bridgehead atoms. The first kappa shape index (κ1) is 44.3. The van der Waals surface area contributed by atoms with Crippen molar-refractivity contribution in [2.45, 2.75) is 85.9 Å². The van der Waals surface area contributed by atoms with Gasteiger partial charge < -0.3 is 29.6 Å². The summed E-state index contributed by atoms with van der Waals surface area (Å²) in [5.41, 5.74) is 14.0. The molecule has 5 heterocycles. The van der Waals surface area contributed by atoms with Crippen molar-refractivity contribution in [1.29, 1.82) is 0 Å². The van der Waals surface area contributed by atoms with Crippen molar-refractivity contribution >= 4 is 51.5 Å². The van der Waals surface area contributed by atoms with E-state index < -0.39 is 35.2 Å². The van der Waals surface area contributed by atoms with Crippen molar-refractivity contribution in [3.05, 3.63) is 125 Å². The molecule has 13 nitrogen and oxygen atoms in total. The van der Waals surface area contributed by atoms with Crippen LogP contribution in [0.1, 0.15) is 74.3 Å². The van der Waals surface area contributed by atoms with Gasteiger partial charge in [0.15, 0.2) is 23.3 Å². The maximum absolute atomic E-state index is 14.0. The first-order valence-electron chi connectivity index (χ1n) is 21.1. The Morgan fingerprint density at radius 3 is 1.86 bits per heavy atom. The van der Waals surface area contributed by atoms with Gasteiger partial charge in [0.1, 0.15) is 23.4 Å². The molecule has 0 radical (unpaired) electrons. The Bertz CT molecular complexity index is 2960. The van der Waals surface area contributed by atoms with E-state index in [2.05, 4.69) is 34.0 Å². The predicted molar refractivity (Wildman–Crippen MR) is 237 cm³/mol. The molecular formula is C48H46F4N8O5. The molecule has 2 saturated heterocycles. The molecule has 3 aromatic heterocycles. The van der Waals surface area contributed by atoms with E-state index in [4.69, 9.17) is 19.8 Å². The summed E-state index contributed by atoms with van der Waals surface area (Å²) in [5.74, 6) is -2.52. The second kappa shape index (κ2) is 17.7. The van der Waals surface area contributed by atoms with E-state index >= 15 is 0 Å². The third-order valence-corrected chi connectivity index (χ3v) is 11.7. The number of aryl methyl sites for hydroxylation is 4. The van der Waals surface area contributed by atoms with Crippen LogP contribution in [0.4, 0.5) is 40.3 Å². The summed E-state index contributed by atoms with van der Waals surface area (Å²) in [5, 5.41) is 10.8. The van der Waals surface area contributed by atoms with Gasteiger partial charge in [0.2, 0.25) is 17.7 Å². The maximum atomic E-state index is 14.0. The van der Waals surface area contributed by atoms with Crippen LogP contribution in [-0.4, -0.2) is 43.6 Å². The number of halogens is 4. The van der Waals surface area contributed by atoms with Crippen LogP contribution < -0.4 is 20.9 Å².